The van der Waals surface area contributed by atoms with Crippen molar-refractivity contribution in [3.05, 3.63) is 75.5 Å². The molecule has 0 bridgehead atoms. The molecule has 1 heterocycles. The van der Waals surface area contributed by atoms with Gasteiger partial charge in [0.15, 0.2) is 5.16 Å². The van der Waals surface area contributed by atoms with E-state index in [1.807, 2.05) is 37.3 Å². The van der Waals surface area contributed by atoms with Gasteiger partial charge < -0.3 is 10.3 Å². The summed E-state index contributed by atoms with van der Waals surface area (Å²) < 4.78 is 0. The minimum absolute atomic E-state index is 0.118. The first-order chi connectivity index (χ1) is 12.5. The molecule has 0 atom stereocenters. The highest BCUT2D eigenvalue weighted by Gasteiger charge is 2.10. The summed E-state index contributed by atoms with van der Waals surface area (Å²) in [6.07, 6.45) is 0. The summed E-state index contributed by atoms with van der Waals surface area (Å²) in [5, 5.41) is 3.81. The second kappa shape index (κ2) is 8.21. The second-order valence-electron chi connectivity index (χ2n) is 5.55. The number of carbonyl (C=O) groups is 1. The van der Waals surface area contributed by atoms with Crippen molar-refractivity contribution in [1.29, 1.82) is 0 Å². The minimum Gasteiger partial charge on any atom is -0.325 e. The summed E-state index contributed by atoms with van der Waals surface area (Å²) in [4.78, 5) is 31.1. The van der Waals surface area contributed by atoms with E-state index in [-0.39, 0.29) is 17.2 Å². The second-order valence-corrected chi connectivity index (χ2v) is 6.92. The van der Waals surface area contributed by atoms with Crippen LogP contribution in [-0.2, 0) is 4.79 Å². The Labute approximate surface area is 159 Å². The fourth-order valence-corrected chi connectivity index (χ4v) is 3.17. The summed E-state index contributed by atoms with van der Waals surface area (Å²) in [6.45, 7) is 1.84. The third-order valence-electron chi connectivity index (χ3n) is 3.67. The fourth-order valence-electron chi connectivity index (χ4n) is 2.32. The molecule has 5 nitrogen and oxygen atoms in total. The zero-order valence-electron chi connectivity index (χ0n) is 14.0. The lowest BCUT2D eigenvalue weighted by atomic mass is 10.1. The number of amides is 1. The highest BCUT2D eigenvalue weighted by molar-refractivity contribution is 7.99. The number of H-pyrrole nitrogens is 1. The number of hydrogen-bond acceptors (Lipinski definition) is 4. The number of benzene rings is 2. The number of carbonyl (C=O) groups excluding carboxylic acids is 1. The van der Waals surface area contributed by atoms with Gasteiger partial charge in [0, 0.05) is 22.3 Å². The van der Waals surface area contributed by atoms with Crippen LogP contribution < -0.4 is 10.9 Å². The van der Waals surface area contributed by atoms with E-state index in [2.05, 4.69) is 15.3 Å². The predicted molar refractivity (Wildman–Crippen MR) is 106 cm³/mol. The van der Waals surface area contributed by atoms with E-state index in [0.717, 1.165) is 11.1 Å². The number of nitrogens with one attached hydrogen (secondary N) is 2. The maximum atomic E-state index is 12.2. The SMILES string of the molecule is Cc1c(Cl)cccc1NC(=O)CSc1nc(-c2ccccc2)cc(=O)[nH]1. The van der Waals surface area contributed by atoms with E-state index in [1.165, 1.54) is 17.8 Å². The summed E-state index contributed by atoms with van der Waals surface area (Å²) in [5.74, 6) is -0.0826. The van der Waals surface area contributed by atoms with Gasteiger partial charge in [0.1, 0.15) is 0 Å². The average molecular weight is 386 g/mol. The number of halogens is 1. The first-order valence-corrected chi connectivity index (χ1v) is 9.24. The number of hydrogen-bond donors (Lipinski definition) is 2. The standard InChI is InChI=1S/C19H16ClN3O2S/c1-12-14(20)8-5-9-15(12)21-18(25)11-26-19-22-16(10-17(24)23-19)13-6-3-2-4-7-13/h2-10H,11H2,1H3,(H,21,25)(H,22,23,24). The number of aromatic nitrogens is 2. The summed E-state index contributed by atoms with van der Waals surface area (Å²) in [5.41, 5.74) is 2.64. The molecule has 0 unspecified atom stereocenters. The normalized spacial score (nSPS) is 10.5. The van der Waals surface area contributed by atoms with Crippen LogP contribution >= 0.6 is 23.4 Å². The molecular formula is C19H16ClN3O2S. The zero-order valence-corrected chi connectivity index (χ0v) is 15.5. The molecule has 2 N–H and O–H groups in total. The molecule has 26 heavy (non-hydrogen) atoms. The molecule has 2 aromatic carbocycles. The summed E-state index contributed by atoms with van der Waals surface area (Å²) in [7, 11) is 0. The van der Waals surface area contributed by atoms with Crippen molar-refractivity contribution in [2.24, 2.45) is 0 Å². The van der Waals surface area contributed by atoms with Gasteiger partial charge in [0.2, 0.25) is 5.91 Å². The lowest BCUT2D eigenvalue weighted by Gasteiger charge is -2.09. The van der Waals surface area contributed by atoms with Gasteiger partial charge in [-0.1, -0.05) is 59.8 Å². The quantitative estimate of drug-likeness (QED) is 0.511. The van der Waals surface area contributed by atoms with Gasteiger partial charge in [-0.2, -0.15) is 0 Å². The molecule has 0 fully saturated rings. The van der Waals surface area contributed by atoms with Crippen LogP contribution in [0, 0.1) is 6.92 Å². The van der Waals surface area contributed by atoms with Crippen molar-refractivity contribution in [2.75, 3.05) is 11.1 Å². The van der Waals surface area contributed by atoms with Crippen molar-refractivity contribution in [3.63, 3.8) is 0 Å². The Morgan fingerprint density at radius 1 is 1.19 bits per heavy atom. The van der Waals surface area contributed by atoms with E-state index in [4.69, 9.17) is 11.6 Å². The molecule has 0 aliphatic heterocycles. The van der Waals surface area contributed by atoms with E-state index in [9.17, 15) is 9.59 Å². The van der Waals surface area contributed by atoms with Crippen LogP contribution in [0.15, 0.2) is 64.5 Å². The van der Waals surface area contributed by atoms with Gasteiger partial charge in [-0.15, -0.1) is 0 Å². The molecule has 1 amide bonds. The van der Waals surface area contributed by atoms with Gasteiger partial charge in [-0.3, -0.25) is 9.59 Å². The molecule has 0 saturated heterocycles. The molecule has 132 valence electrons. The molecule has 0 aliphatic carbocycles. The number of aromatic amines is 1. The fraction of sp³-hybridized carbons (Fsp3) is 0.105. The number of anilines is 1. The smallest absolute Gasteiger partial charge is 0.252 e. The number of nitrogens with zero attached hydrogens (tertiary/aromatic N) is 1. The van der Waals surface area contributed by atoms with Crippen LogP contribution in [0.3, 0.4) is 0 Å². The molecule has 3 aromatic rings. The Hall–Kier alpha value is -2.57. The van der Waals surface area contributed by atoms with Crippen LogP contribution in [0.5, 0.6) is 0 Å². The zero-order chi connectivity index (χ0) is 18.5. The Kier molecular flexibility index (Phi) is 5.75. The summed E-state index contributed by atoms with van der Waals surface area (Å²) in [6, 6.07) is 16.2. The van der Waals surface area contributed by atoms with E-state index in [0.29, 0.717) is 21.6 Å². The Morgan fingerprint density at radius 3 is 2.73 bits per heavy atom. The Balaban J connectivity index is 1.70. The molecule has 0 aliphatic rings. The lowest BCUT2D eigenvalue weighted by Crippen LogP contribution is -2.16. The van der Waals surface area contributed by atoms with Crippen molar-refractivity contribution < 1.29 is 4.79 Å². The summed E-state index contributed by atoms with van der Waals surface area (Å²) >= 11 is 7.23. The van der Waals surface area contributed by atoms with Gasteiger partial charge in [-0.25, -0.2) is 4.98 Å². The maximum Gasteiger partial charge on any atom is 0.252 e. The molecular weight excluding hydrogens is 370 g/mol. The van der Waals surface area contributed by atoms with Gasteiger partial charge in [0.05, 0.1) is 11.4 Å². The molecule has 3 rings (SSSR count). The molecule has 1 aromatic heterocycles. The first kappa shape index (κ1) is 18.2. The average Bonchev–Trinajstić information content (AvgIpc) is 2.64. The van der Waals surface area contributed by atoms with E-state index in [1.54, 1.807) is 18.2 Å². The molecule has 7 heteroatoms. The van der Waals surface area contributed by atoms with Crippen molar-refractivity contribution >= 4 is 35.0 Å². The monoisotopic (exact) mass is 385 g/mol. The van der Waals surface area contributed by atoms with E-state index >= 15 is 0 Å². The van der Waals surface area contributed by atoms with Crippen molar-refractivity contribution in [2.45, 2.75) is 12.1 Å². The van der Waals surface area contributed by atoms with Crippen LogP contribution in [0.4, 0.5) is 5.69 Å². The minimum atomic E-state index is -0.257. The van der Waals surface area contributed by atoms with Gasteiger partial charge in [0.25, 0.3) is 5.56 Å². The third kappa shape index (κ3) is 4.53. The highest BCUT2D eigenvalue weighted by Crippen LogP contribution is 2.23. The Morgan fingerprint density at radius 2 is 1.96 bits per heavy atom. The molecule has 0 radical (unpaired) electrons. The van der Waals surface area contributed by atoms with Crippen LogP contribution in [0.2, 0.25) is 5.02 Å². The van der Waals surface area contributed by atoms with Crippen molar-refractivity contribution in [1.82, 2.24) is 9.97 Å². The molecule has 0 spiro atoms. The van der Waals surface area contributed by atoms with Crippen molar-refractivity contribution in [3.8, 4) is 11.3 Å². The highest BCUT2D eigenvalue weighted by atomic mass is 35.5. The van der Waals surface area contributed by atoms with Gasteiger partial charge >= 0.3 is 0 Å². The number of rotatable bonds is 5. The predicted octanol–water partition coefficient (Wildman–Crippen LogP) is 4.13. The van der Waals surface area contributed by atoms with Crippen LogP contribution in [0.1, 0.15) is 5.56 Å². The largest absolute Gasteiger partial charge is 0.325 e. The third-order valence-corrected chi connectivity index (χ3v) is 4.95. The first-order valence-electron chi connectivity index (χ1n) is 7.87. The Bertz CT molecular complexity index is 990. The molecule has 0 saturated carbocycles. The van der Waals surface area contributed by atoms with Crippen LogP contribution in [0.25, 0.3) is 11.3 Å². The van der Waals surface area contributed by atoms with Gasteiger partial charge in [-0.05, 0) is 24.6 Å². The number of thioether (sulfide) groups is 1. The van der Waals surface area contributed by atoms with E-state index < -0.39 is 0 Å². The van der Waals surface area contributed by atoms with Crippen LogP contribution in [-0.4, -0.2) is 21.6 Å². The topological polar surface area (TPSA) is 74.8 Å². The lowest BCUT2D eigenvalue weighted by molar-refractivity contribution is -0.113. The maximum absolute atomic E-state index is 12.2.